The largest absolute Gasteiger partial charge is 0.378 e. The van der Waals surface area contributed by atoms with Gasteiger partial charge in [-0.15, -0.1) is 0 Å². The fraction of sp³-hybridized carbons (Fsp3) is 0.409. The first-order valence-electron chi connectivity index (χ1n) is 9.53. The highest BCUT2D eigenvalue weighted by Gasteiger charge is 2.32. The molecule has 0 aromatic heterocycles. The Hall–Kier alpha value is -2.49. The van der Waals surface area contributed by atoms with E-state index in [0.29, 0.717) is 6.54 Å². The lowest BCUT2D eigenvalue weighted by Gasteiger charge is -2.31. The first-order valence-corrected chi connectivity index (χ1v) is 9.53. The van der Waals surface area contributed by atoms with E-state index in [9.17, 15) is 4.79 Å². The van der Waals surface area contributed by atoms with Gasteiger partial charge in [-0.1, -0.05) is 30.3 Å². The number of para-hydroxylation sites is 1. The molecule has 4 heteroatoms. The molecule has 2 aromatic carbocycles. The summed E-state index contributed by atoms with van der Waals surface area (Å²) in [5, 5.41) is 3.20. The van der Waals surface area contributed by atoms with Gasteiger partial charge in [0.25, 0.3) is 0 Å². The van der Waals surface area contributed by atoms with Gasteiger partial charge in [0.1, 0.15) is 0 Å². The van der Waals surface area contributed by atoms with Crippen LogP contribution in [0.15, 0.2) is 48.5 Å². The molecule has 2 aliphatic rings. The normalized spacial score (nSPS) is 16.9. The van der Waals surface area contributed by atoms with Gasteiger partial charge in [-0.2, -0.15) is 0 Å². The summed E-state index contributed by atoms with van der Waals surface area (Å²) in [6, 6.07) is 17.5. The van der Waals surface area contributed by atoms with E-state index < -0.39 is 0 Å². The van der Waals surface area contributed by atoms with Gasteiger partial charge in [0.15, 0.2) is 0 Å². The average molecular weight is 349 g/mol. The maximum absolute atomic E-state index is 12.2. The van der Waals surface area contributed by atoms with Crippen LogP contribution in [0.3, 0.4) is 0 Å². The summed E-state index contributed by atoms with van der Waals surface area (Å²) < 4.78 is 0. The van der Waals surface area contributed by atoms with E-state index >= 15 is 0 Å². The van der Waals surface area contributed by atoms with Gasteiger partial charge in [0, 0.05) is 44.5 Å². The van der Waals surface area contributed by atoms with Crippen LogP contribution < -0.4 is 15.1 Å². The Morgan fingerprint density at radius 2 is 1.88 bits per heavy atom. The van der Waals surface area contributed by atoms with E-state index in [1.807, 2.05) is 0 Å². The molecule has 0 saturated heterocycles. The monoisotopic (exact) mass is 349 g/mol. The van der Waals surface area contributed by atoms with E-state index in [2.05, 4.69) is 77.7 Å². The van der Waals surface area contributed by atoms with Gasteiger partial charge in [-0.3, -0.25) is 4.79 Å². The van der Waals surface area contributed by atoms with Crippen LogP contribution in [0.25, 0.3) is 0 Å². The number of anilines is 2. The van der Waals surface area contributed by atoms with Gasteiger partial charge in [-0.05, 0) is 48.6 Å². The number of hydrogen-bond acceptors (Lipinski definition) is 3. The highest BCUT2D eigenvalue weighted by molar-refractivity contribution is 5.81. The Morgan fingerprint density at radius 1 is 1.15 bits per heavy atom. The molecule has 1 saturated carbocycles. The molecule has 1 atom stereocenters. The number of fused-ring (bicyclic) bond motifs is 1. The van der Waals surface area contributed by atoms with Crippen molar-refractivity contribution in [1.29, 1.82) is 0 Å². The van der Waals surface area contributed by atoms with Crippen molar-refractivity contribution in [3.05, 3.63) is 59.7 Å². The molecular weight excluding hydrogens is 322 g/mol. The highest BCUT2D eigenvalue weighted by atomic mass is 16.2. The number of carbonyl (C=O) groups excluding carboxylic acids is 1. The zero-order chi connectivity index (χ0) is 18.1. The maximum Gasteiger partial charge on any atom is 0.223 e. The van der Waals surface area contributed by atoms with Gasteiger partial charge < -0.3 is 15.1 Å². The summed E-state index contributed by atoms with van der Waals surface area (Å²) in [6.07, 6.45) is 3.15. The summed E-state index contributed by atoms with van der Waals surface area (Å²) in [5.41, 5.74) is 5.14. The number of amides is 1. The molecule has 1 aliphatic carbocycles. The fourth-order valence-corrected chi connectivity index (χ4v) is 3.78. The zero-order valence-electron chi connectivity index (χ0n) is 15.6. The minimum atomic E-state index is 0.164. The van der Waals surface area contributed by atoms with Crippen molar-refractivity contribution in [3.8, 4) is 0 Å². The van der Waals surface area contributed by atoms with E-state index in [1.54, 1.807) is 0 Å². The summed E-state index contributed by atoms with van der Waals surface area (Å²) in [4.78, 5) is 16.8. The van der Waals surface area contributed by atoms with Gasteiger partial charge >= 0.3 is 0 Å². The van der Waals surface area contributed by atoms with Crippen LogP contribution in [-0.4, -0.2) is 33.1 Å². The van der Waals surface area contributed by atoms with Crippen LogP contribution in [0.5, 0.6) is 0 Å². The molecule has 1 N–H and O–H groups in total. The van der Waals surface area contributed by atoms with Crippen LogP contribution in [-0.2, 0) is 11.2 Å². The predicted octanol–water partition coefficient (Wildman–Crippen LogP) is 3.38. The second-order valence-electron chi connectivity index (χ2n) is 7.59. The molecule has 1 heterocycles. The van der Waals surface area contributed by atoms with Gasteiger partial charge in [0.2, 0.25) is 5.91 Å². The van der Waals surface area contributed by atoms with E-state index in [1.165, 1.54) is 22.5 Å². The zero-order valence-corrected chi connectivity index (χ0v) is 15.6. The minimum Gasteiger partial charge on any atom is -0.378 e. The lowest BCUT2D eigenvalue weighted by molar-refractivity contribution is -0.122. The quantitative estimate of drug-likeness (QED) is 0.868. The molecule has 26 heavy (non-hydrogen) atoms. The van der Waals surface area contributed by atoms with E-state index in [4.69, 9.17) is 0 Å². The third-order valence-corrected chi connectivity index (χ3v) is 5.51. The Bertz CT molecular complexity index is 780. The number of nitrogens with zero attached hydrogens (tertiary/aromatic N) is 2. The van der Waals surface area contributed by atoms with Crippen molar-refractivity contribution in [3.63, 3.8) is 0 Å². The SMILES string of the molecule is CN(C)c1ccc(C(CNC(=O)C2CC2)N2CCc3ccccc32)cc1. The first kappa shape index (κ1) is 17.0. The van der Waals surface area contributed by atoms with Crippen molar-refractivity contribution in [2.75, 3.05) is 37.0 Å². The lowest BCUT2D eigenvalue weighted by Crippen LogP contribution is -2.38. The number of benzene rings is 2. The molecule has 2 aromatic rings. The lowest BCUT2D eigenvalue weighted by atomic mass is 10.0. The van der Waals surface area contributed by atoms with Crippen molar-refractivity contribution >= 4 is 17.3 Å². The molecule has 0 spiro atoms. The Labute approximate surface area is 155 Å². The van der Waals surface area contributed by atoms with Crippen LogP contribution in [0, 0.1) is 5.92 Å². The second-order valence-corrected chi connectivity index (χ2v) is 7.59. The van der Waals surface area contributed by atoms with Crippen molar-refractivity contribution < 1.29 is 4.79 Å². The molecule has 0 radical (unpaired) electrons. The average Bonchev–Trinajstić information content (AvgIpc) is 3.43. The summed E-state index contributed by atoms with van der Waals surface area (Å²) >= 11 is 0. The number of hydrogen-bond donors (Lipinski definition) is 1. The van der Waals surface area contributed by atoms with Crippen molar-refractivity contribution in [2.45, 2.75) is 25.3 Å². The molecule has 4 rings (SSSR count). The molecular formula is C22H27N3O. The Balaban J connectivity index is 1.59. The molecule has 0 bridgehead atoms. The molecule has 4 nitrogen and oxygen atoms in total. The second kappa shape index (κ2) is 7.02. The van der Waals surface area contributed by atoms with Crippen molar-refractivity contribution in [1.82, 2.24) is 5.32 Å². The topological polar surface area (TPSA) is 35.6 Å². The summed E-state index contributed by atoms with van der Waals surface area (Å²) in [6.45, 7) is 1.66. The van der Waals surface area contributed by atoms with E-state index in [-0.39, 0.29) is 17.9 Å². The van der Waals surface area contributed by atoms with Crippen LogP contribution >= 0.6 is 0 Å². The maximum atomic E-state index is 12.2. The highest BCUT2D eigenvalue weighted by Crippen LogP contribution is 2.35. The first-order chi connectivity index (χ1) is 12.6. The molecule has 136 valence electrons. The fourth-order valence-electron chi connectivity index (χ4n) is 3.78. The van der Waals surface area contributed by atoms with E-state index in [0.717, 1.165) is 25.8 Å². The Morgan fingerprint density at radius 3 is 2.58 bits per heavy atom. The molecule has 1 aliphatic heterocycles. The number of rotatable bonds is 6. The van der Waals surface area contributed by atoms with Crippen LogP contribution in [0.2, 0.25) is 0 Å². The van der Waals surface area contributed by atoms with Gasteiger partial charge in [0.05, 0.1) is 6.04 Å². The minimum absolute atomic E-state index is 0.164. The van der Waals surface area contributed by atoms with Crippen LogP contribution in [0.4, 0.5) is 11.4 Å². The number of carbonyl (C=O) groups is 1. The Kier molecular flexibility index (Phi) is 4.58. The van der Waals surface area contributed by atoms with Gasteiger partial charge in [-0.25, -0.2) is 0 Å². The standard InChI is InChI=1S/C22H27N3O/c1-24(2)19-11-9-17(10-12-19)21(15-23-22(26)18-7-8-18)25-14-13-16-5-3-4-6-20(16)25/h3-6,9-12,18,21H,7-8,13-15H2,1-2H3,(H,23,26). The summed E-state index contributed by atoms with van der Waals surface area (Å²) in [7, 11) is 4.11. The summed E-state index contributed by atoms with van der Waals surface area (Å²) in [5.74, 6) is 0.463. The third kappa shape index (κ3) is 3.41. The third-order valence-electron chi connectivity index (χ3n) is 5.51. The number of nitrogens with one attached hydrogen (secondary N) is 1. The molecule has 1 amide bonds. The van der Waals surface area contributed by atoms with Crippen LogP contribution in [0.1, 0.15) is 30.0 Å². The molecule has 1 unspecified atom stereocenters. The smallest absolute Gasteiger partial charge is 0.223 e. The molecule has 1 fully saturated rings. The van der Waals surface area contributed by atoms with Crippen molar-refractivity contribution in [2.24, 2.45) is 5.92 Å². The predicted molar refractivity (Wildman–Crippen MR) is 107 cm³/mol.